The van der Waals surface area contributed by atoms with Crippen LogP contribution in [0.25, 0.3) is 0 Å². The molecule has 0 saturated heterocycles. The van der Waals surface area contributed by atoms with Crippen LogP contribution in [0, 0.1) is 5.92 Å². The van der Waals surface area contributed by atoms with E-state index in [0.29, 0.717) is 18.9 Å². The number of fused-ring (bicyclic) bond motifs is 1. The van der Waals surface area contributed by atoms with E-state index in [1.165, 1.54) is 24.0 Å². The van der Waals surface area contributed by atoms with E-state index >= 15 is 0 Å². The number of aryl methyl sites for hydroxylation is 1. The van der Waals surface area contributed by atoms with Gasteiger partial charge in [-0.05, 0) is 55.2 Å². The Kier molecular flexibility index (Phi) is 7.18. The van der Waals surface area contributed by atoms with Crippen LogP contribution in [0.15, 0.2) is 66.7 Å². The highest BCUT2D eigenvalue weighted by molar-refractivity contribution is 6.03. The van der Waals surface area contributed by atoms with Crippen LogP contribution in [-0.2, 0) is 22.4 Å². The van der Waals surface area contributed by atoms with Crippen LogP contribution in [0.2, 0.25) is 0 Å². The zero-order valence-corrected chi connectivity index (χ0v) is 18.1. The Balaban J connectivity index is 1.40. The van der Waals surface area contributed by atoms with Crippen LogP contribution in [0.5, 0.6) is 0 Å². The molecule has 0 spiro atoms. The fourth-order valence-electron chi connectivity index (χ4n) is 4.78. The molecular formula is C27H32N2O2. The molecule has 4 nitrogen and oxygen atoms in total. The topological polar surface area (TPSA) is 49.4 Å². The molecule has 4 rings (SSSR count). The van der Waals surface area contributed by atoms with Crippen molar-refractivity contribution in [2.24, 2.45) is 5.92 Å². The van der Waals surface area contributed by atoms with Crippen molar-refractivity contribution < 1.29 is 9.59 Å². The Hall–Kier alpha value is -2.88. The van der Waals surface area contributed by atoms with E-state index in [-0.39, 0.29) is 17.9 Å². The van der Waals surface area contributed by atoms with Crippen molar-refractivity contribution in [1.29, 1.82) is 0 Å². The Labute approximate surface area is 185 Å². The minimum absolute atomic E-state index is 0.0142. The number of para-hydroxylation sites is 1. The summed E-state index contributed by atoms with van der Waals surface area (Å²) in [5, 5.41) is 3.18. The van der Waals surface area contributed by atoms with Gasteiger partial charge in [0.15, 0.2) is 0 Å². The maximum atomic E-state index is 12.9. The largest absolute Gasteiger partial charge is 0.350 e. The molecule has 1 aliphatic carbocycles. The van der Waals surface area contributed by atoms with Crippen LogP contribution in [0.3, 0.4) is 0 Å². The number of benzene rings is 2. The molecule has 1 fully saturated rings. The first-order chi connectivity index (χ1) is 15.2. The molecule has 0 aromatic heterocycles. The summed E-state index contributed by atoms with van der Waals surface area (Å²) in [4.78, 5) is 27.4. The molecule has 31 heavy (non-hydrogen) atoms. The molecule has 2 amide bonds. The van der Waals surface area contributed by atoms with Gasteiger partial charge in [-0.2, -0.15) is 0 Å². The van der Waals surface area contributed by atoms with Crippen LogP contribution < -0.4 is 10.2 Å². The summed E-state index contributed by atoms with van der Waals surface area (Å²) in [6.07, 6.45) is 11.5. The number of rotatable bonds is 8. The number of nitrogens with one attached hydrogen (secondary N) is 1. The Morgan fingerprint density at radius 1 is 1.03 bits per heavy atom. The van der Waals surface area contributed by atoms with Gasteiger partial charge in [0.05, 0.1) is 0 Å². The van der Waals surface area contributed by atoms with Crippen molar-refractivity contribution in [2.45, 2.75) is 57.4 Å². The second-order valence-electron chi connectivity index (χ2n) is 8.78. The summed E-state index contributed by atoms with van der Waals surface area (Å²) in [5.41, 5.74) is 3.46. The number of amides is 2. The van der Waals surface area contributed by atoms with E-state index in [1.54, 1.807) is 6.08 Å². The fourth-order valence-corrected chi connectivity index (χ4v) is 4.78. The van der Waals surface area contributed by atoms with Gasteiger partial charge in [0.1, 0.15) is 0 Å². The minimum Gasteiger partial charge on any atom is -0.350 e. The van der Waals surface area contributed by atoms with Gasteiger partial charge >= 0.3 is 0 Å². The molecule has 1 atom stereocenters. The molecule has 1 aliphatic heterocycles. The standard InChI is InChI=1S/C27H32N2O2/c30-26(20-22-10-4-5-11-22)28-24(15-14-21-8-2-1-3-9-21)16-17-27(31)29-19-18-23-12-6-7-13-25(23)29/h1-3,6-9,12-13,16-17,22,24H,4-5,10-11,14-15,18-20H2,(H,28,30). The lowest BCUT2D eigenvalue weighted by Crippen LogP contribution is -2.35. The molecule has 1 unspecified atom stereocenters. The second-order valence-corrected chi connectivity index (χ2v) is 8.78. The van der Waals surface area contributed by atoms with Gasteiger partial charge in [0.2, 0.25) is 5.91 Å². The maximum absolute atomic E-state index is 12.9. The van der Waals surface area contributed by atoms with Gasteiger partial charge in [-0.15, -0.1) is 0 Å². The van der Waals surface area contributed by atoms with Crippen LogP contribution in [-0.4, -0.2) is 24.4 Å². The molecule has 1 saturated carbocycles. The van der Waals surface area contributed by atoms with E-state index in [2.05, 4.69) is 23.5 Å². The molecule has 1 heterocycles. The highest BCUT2D eigenvalue weighted by atomic mass is 16.2. The first-order valence-electron chi connectivity index (χ1n) is 11.6. The van der Waals surface area contributed by atoms with Crippen LogP contribution in [0.1, 0.15) is 49.7 Å². The van der Waals surface area contributed by atoms with E-state index < -0.39 is 0 Å². The number of anilines is 1. The number of carbonyl (C=O) groups excluding carboxylic acids is 2. The molecule has 0 radical (unpaired) electrons. The summed E-state index contributed by atoms with van der Waals surface area (Å²) < 4.78 is 0. The van der Waals surface area contributed by atoms with Crippen LogP contribution in [0.4, 0.5) is 5.69 Å². The van der Waals surface area contributed by atoms with Crippen molar-refractivity contribution in [3.8, 4) is 0 Å². The number of carbonyl (C=O) groups is 2. The third-order valence-corrected chi connectivity index (χ3v) is 6.51. The van der Waals surface area contributed by atoms with E-state index in [1.807, 2.05) is 47.4 Å². The Bertz CT molecular complexity index is 916. The predicted molar refractivity (Wildman–Crippen MR) is 125 cm³/mol. The van der Waals surface area contributed by atoms with Crippen molar-refractivity contribution in [1.82, 2.24) is 5.32 Å². The van der Waals surface area contributed by atoms with Gasteiger partial charge in [-0.1, -0.05) is 67.4 Å². The summed E-state index contributed by atoms with van der Waals surface area (Å²) in [5.74, 6) is 0.606. The molecule has 2 aliphatic rings. The SMILES string of the molecule is O=C(CC1CCCC1)NC(C=CC(=O)N1CCc2ccccc21)CCc1ccccc1. The van der Waals surface area contributed by atoms with E-state index in [0.717, 1.165) is 37.8 Å². The second kappa shape index (κ2) is 10.4. The maximum Gasteiger partial charge on any atom is 0.250 e. The predicted octanol–water partition coefficient (Wildman–Crippen LogP) is 4.83. The summed E-state index contributed by atoms with van der Waals surface area (Å²) in [6.45, 7) is 0.714. The number of nitrogens with zero attached hydrogens (tertiary/aromatic N) is 1. The lowest BCUT2D eigenvalue weighted by atomic mass is 10.0. The van der Waals surface area contributed by atoms with Crippen molar-refractivity contribution >= 4 is 17.5 Å². The molecule has 2 aromatic rings. The molecule has 162 valence electrons. The third-order valence-electron chi connectivity index (χ3n) is 6.51. The molecule has 4 heteroatoms. The molecular weight excluding hydrogens is 384 g/mol. The lowest BCUT2D eigenvalue weighted by Gasteiger charge is -2.18. The fraction of sp³-hybridized carbons (Fsp3) is 0.407. The zero-order chi connectivity index (χ0) is 21.5. The lowest BCUT2D eigenvalue weighted by molar-refractivity contribution is -0.122. The van der Waals surface area contributed by atoms with Crippen molar-refractivity contribution in [2.75, 3.05) is 11.4 Å². The van der Waals surface area contributed by atoms with E-state index in [9.17, 15) is 9.59 Å². The summed E-state index contributed by atoms with van der Waals surface area (Å²) in [7, 11) is 0. The van der Waals surface area contributed by atoms with Gasteiger partial charge in [0.25, 0.3) is 5.91 Å². The highest BCUT2D eigenvalue weighted by Crippen LogP contribution is 2.28. The van der Waals surface area contributed by atoms with Crippen molar-refractivity contribution in [3.05, 3.63) is 77.9 Å². The molecule has 2 aromatic carbocycles. The average molecular weight is 417 g/mol. The first-order valence-corrected chi connectivity index (χ1v) is 11.6. The summed E-state index contributed by atoms with van der Waals surface area (Å²) >= 11 is 0. The number of hydrogen-bond donors (Lipinski definition) is 1. The van der Waals surface area contributed by atoms with Gasteiger partial charge in [-0.25, -0.2) is 0 Å². The zero-order valence-electron chi connectivity index (χ0n) is 18.1. The minimum atomic E-state index is -0.143. The molecule has 1 N–H and O–H groups in total. The normalized spacial score (nSPS) is 17.1. The average Bonchev–Trinajstić information content (AvgIpc) is 3.46. The monoisotopic (exact) mass is 416 g/mol. The van der Waals surface area contributed by atoms with Gasteiger partial charge < -0.3 is 10.2 Å². The quantitative estimate of drug-likeness (QED) is 0.627. The number of hydrogen-bond acceptors (Lipinski definition) is 2. The van der Waals surface area contributed by atoms with Gasteiger partial charge in [-0.3, -0.25) is 9.59 Å². The van der Waals surface area contributed by atoms with Gasteiger partial charge in [0, 0.05) is 30.8 Å². The molecule has 0 bridgehead atoms. The smallest absolute Gasteiger partial charge is 0.250 e. The summed E-state index contributed by atoms with van der Waals surface area (Å²) in [6, 6.07) is 18.2. The van der Waals surface area contributed by atoms with E-state index in [4.69, 9.17) is 0 Å². The third kappa shape index (κ3) is 5.84. The highest BCUT2D eigenvalue weighted by Gasteiger charge is 2.23. The van der Waals surface area contributed by atoms with Crippen LogP contribution >= 0.6 is 0 Å². The first kappa shape index (κ1) is 21.4. The Morgan fingerprint density at radius 2 is 1.77 bits per heavy atom. The van der Waals surface area contributed by atoms with Crippen molar-refractivity contribution in [3.63, 3.8) is 0 Å². The Morgan fingerprint density at radius 3 is 2.58 bits per heavy atom.